The quantitative estimate of drug-likeness (QED) is 0.365. The van der Waals surface area contributed by atoms with Crippen molar-refractivity contribution in [2.75, 3.05) is 6.54 Å². The van der Waals surface area contributed by atoms with E-state index in [4.69, 9.17) is 5.84 Å². The van der Waals surface area contributed by atoms with Gasteiger partial charge in [-0.25, -0.2) is 10.6 Å². The fourth-order valence-corrected chi connectivity index (χ4v) is 2.13. The Balaban J connectivity index is 2.13. The SMILES string of the molecule is CCC1CCC(CNC(=O)NN)CC1. The maximum Gasteiger partial charge on any atom is 0.328 e. The van der Waals surface area contributed by atoms with E-state index in [1.165, 1.54) is 32.1 Å². The Bertz CT molecular complexity index is 176. The second-order valence-electron chi connectivity index (χ2n) is 4.15. The smallest absolute Gasteiger partial charge is 0.328 e. The van der Waals surface area contributed by atoms with Gasteiger partial charge in [-0.1, -0.05) is 26.2 Å². The highest BCUT2D eigenvalue weighted by Crippen LogP contribution is 2.29. The number of rotatable bonds is 3. The zero-order valence-corrected chi connectivity index (χ0v) is 8.88. The summed E-state index contributed by atoms with van der Waals surface area (Å²) in [6.07, 6.45) is 6.40. The van der Waals surface area contributed by atoms with Gasteiger partial charge in [0.1, 0.15) is 0 Å². The molecular formula is C10H21N3O. The minimum Gasteiger partial charge on any atom is -0.337 e. The largest absolute Gasteiger partial charge is 0.337 e. The molecule has 0 unspecified atom stereocenters. The van der Waals surface area contributed by atoms with Crippen molar-refractivity contribution in [2.45, 2.75) is 39.0 Å². The van der Waals surface area contributed by atoms with E-state index in [0.717, 1.165) is 12.5 Å². The Hall–Kier alpha value is -0.770. The predicted molar refractivity (Wildman–Crippen MR) is 56.5 cm³/mol. The third kappa shape index (κ3) is 3.54. The molecule has 1 saturated carbocycles. The molecule has 1 aliphatic rings. The summed E-state index contributed by atoms with van der Waals surface area (Å²) in [5.41, 5.74) is 2.07. The summed E-state index contributed by atoms with van der Waals surface area (Å²) >= 11 is 0. The first kappa shape index (κ1) is 11.3. The van der Waals surface area contributed by atoms with E-state index < -0.39 is 0 Å². The van der Waals surface area contributed by atoms with Crippen LogP contribution in [0.15, 0.2) is 0 Å². The normalized spacial score (nSPS) is 27.0. The maximum absolute atomic E-state index is 10.8. The summed E-state index contributed by atoms with van der Waals surface area (Å²) in [6, 6.07) is -0.275. The molecule has 0 aliphatic heterocycles. The molecule has 4 nitrogen and oxygen atoms in total. The molecule has 0 aromatic carbocycles. The van der Waals surface area contributed by atoms with Gasteiger partial charge in [-0.3, -0.25) is 5.43 Å². The Morgan fingerprint density at radius 1 is 1.29 bits per heavy atom. The van der Waals surface area contributed by atoms with Crippen molar-refractivity contribution < 1.29 is 4.79 Å². The number of nitrogens with one attached hydrogen (secondary N) is 2. The average molecular weight is 199 g/mol. The van der Waals surface area contributed by atoms with Crippen LogP contribution < -0.4 is 16.6 Å². The van der Waals surface area contributed by atoms with Crippen molar-refractivity contribution in [3.63, 3.8) is 0 Å². The molecule has 0 atom stereocenters. The van der Waals surface area contributed by atoms with Gasteiger partial charge in [-0.15, -0.1) is 0 Å². The van der Waals surface area contributed by atoms with Crippen molar-refractivity contribution in [1.29, 1.82) is 0 Å². The Labute approximate surface area is 85.6 Å². The second-order valence-corrected chi connectivity index (χ2v) is 4.15. The number of carbonyl (C=O) groups is 1. The number of nitrogens with two attached hydrogens (primary N) is 1. The number of carbonyl (C=O) groups excluding carboxylic acids is 1. The number of hydrazine groups is 1. The molecule has 0 heterocycles. The van der Waals surface area contributed by atoms with Gasteiger partial charge in [0, 0.05) is 6.54 Å². The lowest BCUT2D eigenvalue weighted by Gasteiger charge is -2.27. The molecule has 1 rings (SSSR count). The third-order valence-electron chi connectivity index (χ3n) is 3.23. The fourth-order valence-electron chi connectivity index (χ4n) is 2.13. The minimum atomic E-state index is -0.275. The van der Waals surface area contributed by atoms with Crippen molar-refractivity contribution in [3.05, 3.63) is 0 Å². The van der Waals surface area contributed by atoms with Crippen molar-refractivity contribution in [2.24, 2.45) is 17.7 Å². The number of hydrogen-bond acceptors (Lipinski definition) is 2. The van der Waals surface area contributed by atoms with Crippen LogP contribution in [0.4, 0.5) is 4.79 Å². The molecule has 0 saturated heterocycles. The van der Waals surface area contributed by atoms with Gasteiger partial charge in [-0.2, -0.15) is 0 Å². The molecule has 0 aromatic rings. The summed E-state index contributed by atoms with van der Waals surface area (Å²) in [6.45, 7) is 3.02. The molecular weight excluding hydrogens is 178 g/mol. The summed E-state index contributed by atoms with van der Waals surface area (Å²) in [5.74, 6) is 6.53. The zero-order chi connectivity index (χ0) is 10.4. The molecule has 0 spiro atoms. The van der Waals surface area contributed by atoms with E-state index in [0.29, 0.717) is 5.92 Å². The topological polar surface area (TPSA) is 67.2 Å². The highest BCUT2D eigenvalue weighted by molar-refractivity contribution is 5.72. The van der Waals surface area contributed by atoms with E-state index in [1.807, 2.05) is 0 Å². The van der Waals surface area contributed by atoms with E-state index >= 15 is 0 Å². The summed E-state index contributed by atoms with van der Waals surface area (Å²) < 4.78 is 0. The lowest BCUT2D eigenvalue weighted by atomic mass is 9.81. The number of urea groups is 1. The van der Waals surface area contributed by atoms with E-state index in [2.05, 4.69) is 17.7 Å². The van der Waals surface area contributed by atoms with Crippen LogP contribution in [0, 0.1) is 11.8 Å². The summed E-state index contributed by atoms with van der Waals surface area (Å²) in [7, 11) is 0. The highest BCUT2D eigenvalue weighted by Gasteiger charge is 2.19. The number of amides is 2. The van der Waals surface area contributed by atoms with Gasteiger partial charge in [-0.05, 0) is 24.7 Å². The second kappa shape index (κ2) is 5.86. The van der Waals surface area contributed by atoms with E-state index in [1.54, 1.807) is 0 Å². The van der Waals surface area contributed by atoms with Crippen molar-refractivity contribution >= 4 is 6.03 Å². The van der Waals surface area contributed by atoms with Gasteiger partial charge in [0.25, 0.3) is 0 Å². The molecule has 1 fully saturated rings. The molecule has 4 N–H and O–H groups in total. The first-order valence-electron chi connectivity index (χ1n) is 5.50. The van der Waals surface area contributed by atoms with Crippen LogP contribution in [-0.2, 0) is 0 Å². The molecule has 0 bridgehead atoms. The van der Waals surface area contributed by atoms with Crippen LogP contribution in [-0.4, -0.2) is 12.6 Å². The van der Waals surface area contributed by atoms with E-state index in [9.17, 15) is 4.79 Å². The standard InChI is InChI=1S/C10H21N3O/c1-2-8-3-5-9(6-4-8)7-12-10(14)13-11/h8-9H,2-7,11H2,1H3,(H2,12,13,14). The molecule has 82 valence electrons. The van der Waals surface area contributed by atoms with Crippen molar-refractivity contribution in [3.8, 4) is 0 Å². The van der Waals surface area contributed by atoms with Gasteiger partial charge in [0.05, 0.1) is 0 Å². The van der Waals surface area contributed by atoms with Gasteiger partial charge in [0.2, 0.25) is 0 Å². The molecule has 1 aliphatic carbocycles. The lowest BCUT2D eigenvalue weighted by molar-refractivity contribution is 0.230. The van der Waals surface area contributed by atoms with Crippen LogP contribution in [0.5, 0.6) is 0 Å². The fraction of sp³-hybridized carbons (Fsp3) is 0.900. The molecule has 0 radical (unpaired) electrons. The molecule has 14 heavy (non-hydrogen) atoms. The number of hydrogen-bond donors (Lipinski definition) is 3. The molecule has 2 amide bonds. The predicted octanol–water partition coefficient (Wildman–Crippen LogP) is 1.38. The zero-order valence-electron chi connectivity index (χ0n) is 8.88. The van der Waals surface area contributed by atoms with Crippen LogP contribution >= 0.6 is 0 Å². The highest BCUT2D eigenvalue weighted by atomic mass is 16.2. The lowest BCUT2D eigenvalue weighted by Crippen LogP contribution is -2.42. The van der Waals surface area contributed by atoms with Gasteiger partial charge >= 0.3 is 6.03 Å². The van der Waals surface area contributed by atoms with Crippen LogP contribution in [0.2, 0.25) is 0 Å². The summed E-state index contributed by atoms with van der Waals surface area (Å²) in [4.78, 5) is 10.8. The maximum atomic E-state index is 10.8. The third-order valence-corrected chi connectivity index (χ3v) is 3.23. The Morgan fingerprint density at radius 2 is 1.86 bits per heavy atom. The Morgan fingerprint density at radius 3 is 2.36 bits per heavy atom. The monoisotopic (exact) mass is 199 g/mol. The van der Waals surface area contributed by atoms with E-state index in [-0.39, 0.29) is 6.03 Å². The average Bonchev–Trinajstić information content (AvgIpc) is 2.26. The molecule has 4 heteroatoms. The molecule has 0 aromatic heterocycles. The van der Waals surface area contributed by atoms with Gasteiger partial charge < -0.3 is 5.32 Å². The van der Waals surface area contributed by atoms with Crippen LogP contribution in [0.3, 0.4) is 0 Å². The van der Waals surface area contributed by atoms with Crippen LogP contribution in [0.25, 0.3) is 0 Å². The van der Waals surface area contributed by atoms with Gasteiger partial charge in [0.15, 0.2) is 0 Å². The first-order chi connectivity index (χ1) is 6.76. The van der Waals surface area contributed by atoms with Crippen LogP contribution in [0.1, 0.15) is 39.0 Å². The minimum absolute atomic E-state index is 0.275. The first-order valence-corrected chi connectivity index (χ1v) is 5.50. The Kier molecular flexibility index (Phi) is 4.73. The van der Waals surface area contributed by atoms with Crippen molar-refractivity contribution in [1.82, 2.24) is 10.7 Å². The summed E-state index contributed by atoms with van der Waals surface area (Å²) in [5, 5.41) is 2.76.